The third-order valence-electron chi connectivity index (χ3n) is 9.91. The monoisotopic (exact) mass is 771 g/mol. The predicted octanol–water partition coefficient (Wildman–Crippen LogP) is 11.5. The van der Waals surface area contributed by atoms with E-state index < -0.39 is 20.0 Å². The van der Waals surface area contributed by atoms with Crippen LogP contribution in [0.2, 0.25) is 0 Å². The summed E-state index contributed by atoms with van der Waals surface area (Å²) in [6.45, 7) is 4.63. The van der Waals surface area contributed by atoms with Gasteiger partial charge in [0.2, 0.25) is 5.91 Å². The van der Waals surface area contributed by atoms with Crippen LogP contribution in [0.5, 0.6) is 0 Å². The standard InChI is InChI=1S/C44H87N2O6P/c1-6-8-10-12-14-16-18-20-22-24-25-27-29-31-33-35-37-43(47)42(41-52-53(49,50)51-40-39-46(3,4)5)45-44(48)38-36-34-32-30-28-26-23-21-19-17-15-13-11-9-7-2/h21,23,35,37,42-43,47H,6-20,22,24-34,36,38-41H2,1-5H3,(H-,45,48,49,50)/b23-21+,37-35+/t42-,43+/m0/s1. The van der Waals surface area contributed by atoms with Gasteiger partial charge in [-0.1, -0.05) is 173 Å². The molecule has 53 heavy (non-hydrogen) atoms. The number of phosphoric ester groups is 1. The summed E-state index contributed by atoms with van der Waals surface area (Å²) in [6.07, 6.45) is 42.1. The summed E-state index contributed by atoms with van der Waals surface area (Å²) in [7, 11) is 1.26. The van der Waals surface area contributed by atoms with Crippen molar-refractivity contribution < 1.29 is 32.9 Å². The molecule has 314 valence electrons. The molecule has 0 heterocycles. The second kappa shape index (κ2) is 36.6. The Balaban J connectivity index is 4.45. The SMILES string of the molecule is CCCCCCCC/C=C/CCCCCCCC(=O)N[C@@H](COP(=O)([O-])OCC[N+](C)(C)C)[C@H](O)/C=C/CCCCCCCCCCCCCCCC. The van der Waals surface area contributed by atoms with Gasteiger partial charge in [-0.2, -0.15) is 0 Å². The van der Waals surface area contributed by atoms with Crippen LogP contribution in [0.1, 0.15) is 200 Å². The first-order chi connectivity index (χ1) is 25.5. The molecule has 1 unspecified atom stereocenters. The van der Waals surface area contributed by atoms with Gasteiger partial charge in [-0.3, -0.25) is 9.36 Å². The molecule has 0 aliphatic rings. The number of carbonyl (C=O) groups is 1. The van der Waals surface area contributed by atoms with E-state index in [9.17, 15) is 19.4 Å². The molecule has 9 heteroatoms. The molecule has 0 saturated carbocycles. The van der Waals surface area contributed by atoms with Crippen LogP contribution in [0.3, 0.4) is 0 Å². The molecule has 3 atom stereocenters. The first-order valence-corrected chi connectivity index (χ1v) is 23.7. The number of likely N-dealkylation sites (N-methyl/N-ethyl adjacent to an activating group) is 1. The number of hydrogen-bond acceptors (Lipinski definition) is 6. The Hall–Kier alpha value is -1.02. The lowest BCUT2D eigenvalue weighted by Gasteiger charge is -2.29. The molecule has 0 aliphatic heterocycles. The second-order valence-corrected chi connectivity index (χ2v) is 17.8. The third-order valence-corrected chi connectivity index (χ3v) is 10.9. The zero-order valence-corrected chi connectivity index (χ0v) is 36.4. The molecule has 8 nitrogen and oxygen atoms in total. The summed E-state index contributed by atoms with van der Waals surface area (Å²) in [5.74, 6) is -0.206. The van der Waals surface area contributed by atoms with Crippen molar-refractivity contribution in [1.29, 1.82) is 0 Å². The summed E-state index contributed by atoms with van der Waals surface area (Å²) in [4.78, 5) is 25.3. The Labute approximate surface area is 328 Å². The highest BCUT2D eigenvalue weighted by atomic mass is 31.2. The molecule has 2 N–H and O–H groups in total. The predicted molar refractivity (Wildman–Crippen MR) is 224 cm³/mol. The fourth-order valence-corrected chi connectivity index (χ4v) is 7.05. The van der Waals surface area contributed by atoms with Crippen molar-refractivity contribution in [3.8, 4) is 0 Å². The van der Waals surface area contributed by atoms with Gasteiger partial charge in [-0.15, -0.1) is 0 Å². The molecule has 0 rings (SSSR count). The molecule has 0 aromatic heterocycles. The lowest BCUT2D eigenvalue weighted by atomic mass is 10.0. The van der Waals surface area contributed by atoms with Gasteiger partial charge < -0.3 is 28.8 Å². The van der Waals surface area contributed by atoms with Gasteiger partial charge in [-0.25, -0.2) is 0 Å². The summed E-state index contributed by atoms with van der Waals surface area (Å²) < 4.78 is 23.2. The fraction of sp³-hybridized carbons (Fsp3) is 0.886. The largest absolute Gasteiger partial charge is 0.756 e. The van der Waals surface area contributed by atoms with Crippen LogP contribution >= 0.6 is 7.82 Å². The summed E-state index contributed by atoms with van der Waals surface area (Å²) >= 11 is 0. The highest BCUT2D eigenvalue weighted by molar-refractivity contribution is 7.45. The number of hydrogen-bond donors (Lipinski definition) is 2. The number of nitrogens with zero attached hydrogens (tertiary/aromatic N) is 1. The average Bonchev–Trinajstić information content (AvgIpc) is 3.10. The highest BCUT2D eigenvalue weighted by Gasteiger charge is 2.23. The molecule has 0 aliphatic carbocycles. The van der Waals surface area contributed by atoms with Gasteiger partial charge in [0.25, 0.3) is 7.82 Å². The van der Waals surface area contributed by atoms with Crippen molar-refractivity contribution in [2.75, 3.05) is 40.9 Å². The van der Waals surface area contributed by atoms with Gasteiger partial charge in [0.05, 0.1) is 39.9 Å². The minimum Gasteiger partial charge on any atom is -0.756 e. The van der Waals surface area contributed by atoms with E-state index in [0.717, 1.165) is 51.4 Å². The molecule has 0 fully saturated rings. The Kier molecular flexibility index (Phi) is 35.9. The Bertz CT molecular complexity index is 922. The molecule has 1 amide bonds. The van der Waals surface area contributed by atoms with E-state index in [1.807, 2.05) is 27.2 Å². The maximum atomic E-state index is 12.8. The van der Waals surface area contributed by atoms with Gasteiger partial charge in [0.15, 0.2) is 0 Å². The first-order valence-electron chi connectivity index (χ1n) is 22.2. The van der Waals surface area contributed by atoms with Crippen LogP contribution in [-0.4, -0.2) is 68.5 Å². The Morgan fingerprint density at radius 1 is 0.642 bits per heavy atom. The molecule has 0 bridgehead atoms. The van der Waals surface area contributed by atoms with Crippen molar-refractivity contribution in [3.63, 3.8) is 0 Å². The van der Waals surface area contributed by atoms with Crippen molar-refractivity contribution in [3.05, 3.63) is 24.3 Å². The maximum Gasteiger partial charge on any atom is 0.268 e. The number of allylic oxidation sites excluding steroid dienone is 3. The fourth-order valence-electron chi connectivity index (χ4n) is 6.32. The van der Waals surface area contributed by atoms with Gasteiger partial charge in [0, 0.05) is 6.42 Å². The number of aliphatic hydroxyl groups is 1. The van der Waals surface area contributed by atoms with Crippen molar-refractivity contribution in [1.82, 2.24) is 5.32 Å². The number of carbonyl (C=O) groups excluding carboxylic acids is 1. The van der Waals surface area contributed by atoms with E-state index in [1.54, 1.807) is 6.08 Å². The zero-order valence-electron chi connectivity index (χ0n) is 35.5. The Morgan fingerprint density at radius 3 is 1.47 bits per heavy atom. The molecule has 0 aromatic carbocycles. The quantitative estimate of drug-likeness (QED) is 0.0278. The topological polar surface area (TPSA) is 108 Å². The Morgan fingerprint density at radius 2 is 1.04 bits per heavy atom. The highest BCUT2D eigenvalue weighted by Crippen LogP contribution is 2.38. The van der Waals surface area contributed by atoms with Gasteiger partial charge in [0.1, 0.15) is 13.2 Å². The summed E-state index contributed by atoms with van der Waals surface area (Å²) in [6, 6.07) is -0.887. The van der Waals surface area contributed by atoms with Gasteiger partial charge >= 0.3 is 0 Å². The van der Waals surface area contributed by atoms with E-state index in [-0.39, 0.29) is 19.1 Å². The molecular weight excluding hydrogens is 683 g/mol. The molecule has 0 radical (unpaired) electrons. The number of nitrogens with one attached hydrogen (secondary N) is 1. The van der Waals surface area contributed by atoms with Crippen LogP contribution in [0.15, 0.2) is 24.3 Å². The second-order valence-electron chi connectivity index (χ2n) is 16.4. The van der Waals surface area contributed by atoms with E-state index in [1.165, 1.54) is 128 Å². The van der Waals surface area contributed by atoms with Crippen LogP contribution < -0.4 is 10.2 Å². The smallest absolute Gasteiger partial charge is 0.268 e. The van der Waals surface area contributed by atoms with E-state index in [2.05, 4.69) is 31.3 Å². The third kappa shape index (κ3) is 39.0. The summed E-state index contributed by atoms with van der Waals surface area (Å²) in [5, 5.41) is 13.8. The van der Waals surface area contributed by atoms with Crippen molar-refractivity contribution >= 4 is 13.7 Å². The molecular formula is C44H87N2O6P. The van der Waals surface area contributed by atoms with Crippen LogP contribution in [0.4, 0.5) is 0 Å². The number of quaternary nitrogens is 1. The average molecular weight is 771 g/mol. The number of unbranched alkanes of at least 4 members (excludes halogenated alkanes) is 25. The van der Waals surface area contributed by atoms with E-state index in [0.29, 0.717) is 17.4 Å². The minimum atomic E-state index is -4.58. The first kappa shape index (κ1) is 52.0. The lowest BCUT2D eigenvalue weighted by Crippen LogP contribution is -2.45. The van der Waals surface area contributed by atoms with Crippen LogP contribution in [-0.2, 0) is 18.4 Å². The maximum absolute atomic E-state index is 12.8. The van der Waals surface area contributed by atoms with Crippen LogP contribution in [0.25, 0.3) is 0 Å². The van der Waals surface area contributed by atoms with E-state index in [4.69, 9.17) is 9.05 Å². The number of phosphoric acid groups is 1. The molecule has 0 saturated heterocycles. The van der Waals surface area contributed by atoms with Gasteiger partial charge in [-0.05, 0) is 44.9 Å². The minimum absolute atomic E-state index is 0.00155. The normalized spacial score (nSPS) is 14.6. The number of rotatable bonds is 40. The van der Waals surface area contributed by atoms with Crippen molar-refractivity contribution in [2.45, 2.75) is 212 Å². The number of aliphatic hydroxyl groups excluding tert-OH is 1. The van der Waals surface area contributed by atoms with Crippen LogP contribution in [0, 0.1) is 0 Å². The lowest BCUT2D eigenvalue weighted by molar-refractivity contribution is -0.870. The number of amides is 1. The zero-order chi connectivity index (χ0) is 39.3. The summed E-state index contributed by atoms with van der Waals surface area (Å²) in [5.41, 5.74) is 0. The molecule has 0 aromatic rings. The van der Waals surface area contributed by atoms with E-state index >= 15 is 0 Å². The van der Waals surface area contributed by atoms with Crippen molar-refractivity contribution in [2.24, 2.45) is 0 Å². The molecule has 0 spiro atoms.